The van der Waals surface area contributed by atoms with E-state index in [0.717, 1.165) is 0 Å². The average molecular weight is 727 g/mol. The monoisotopic (exact) mass is 726 g/mol. The van der Waals surface area contributed by atoms with Gasteiger partial charge in [-0.1, -0.05) is 63.9 Å². The number of carboxylic acid groups (broad SMARTS) is 1. The third-order valence-corrected chi connectivity index (χ3v) is 13.7. The summed E-state index contributed by atoms with van der Waals surface area (Å²) in [6, 6.07) is -1.28. The Balaban J connectivity index is 0. The molecule has 0 aromatic heterocycles. The number of esters is 1. The van der Waals surface area contributed by atoms with Crippen molar-refractivity contribution < 1.29 is 38.6 Å². The van der Waals surface area contributed by atoms with E-state index < -0.39 is 41.5 Å². The zero-order chi connectivity index (χ0) is 36.8. The highest BCUT2D eigenvalue weighted by molar-refractivity contribution is 8.29. The van der Waals surface area contributed by atoms with Gasteiger partial charge in [0.05, 0.1) is 23.9 Å². The Hall–Kier alpha value is -1.64. The van der Waals surface area contributed by atoms with Gasteiger partial charge in [-0.25, -0.2) is 0 Å². The van der Waals surface area contributed by atoms with Crippen LogP contribution < -0.4 is 10.6 Å². The van der Waals surface area contributed by atoms with Gasteiger partial charge in [0.25, 0.3) is 0 Å². The number of hydrogen-bond donors (Lipinski definition) is 3. The number of amides is 2. The topological polar surface area (TPSA) is 156 Å². The van der Waals surface area contributed by atoms with Gasteiger partial charge in [0, 0.05) is 35.2 Å². The minimum atomic E-state index is -1.01. The molecule has 3 N–H and O–H groups in total. The van der Waals surface area contributed by atoms with E-state index >= 15 is 0 Å². The first-order valence-corrected chi connectivity index (χ1v) is 20.5. The lowest BCUT2D eigenvalue weighted by Crippen LogP contribution is -2.40. The van der Waals surface area contributed by atoms with Gasteiger partial charge in [0.1, 0.15) is 5.60 Å². The molecule has 6 atom stereocenters. The lowest BCUT2D eigenvalue weighted by atomic mass is 10.00. The largest absolute Gasteiger partial charge is 0.481 e. The molecule has 0 aromatic rings. The Bertz CT molecular complexity index is 1130. The Morgan fingerprint density at radius 1 is 0.674 bits per heavy atom. The van der Waals surface area contributed by atoms with Gasteiger partial charge < -0.3 is 20.5 Å². The van der Waals surface area contributed by atoms with Gasteiger partial charge in [-0.05, 0) is 60.0 Å². The molecule has 0 rings (SSSR count). The second-order valence-electron chi connectivity index (χ2n) is 14.0. The third kappa shape index (κ3) is 20.6. The average Bonchev–Trinajstić information content (AvgIpc) is 2.89. The SMILES string of the molecule is C[C@H](CC(=O)[C@H](C)NC(=O)CCC(C)(C)S(C)=S)C(=O)O.C[C@H](CC(=O)[C@H](C)NC(=O)CCC(C)(C)S(C)=S)C(=O)OC(C)(C)C. The van der Waals surface area contributed by atoms with E-state index in [0.29, 0.717) is 25.7 Å². The standard InChI is InChI=1S/C18H33NO4S2.C14H25NO4S2/c1-12(16(22)23-17(3,4)5)11-14(20)13(2)19-15(21)9-10-18(6,7)25(8)24;1-9(13(18)19)8-11(16)10(2)15-12(17)6-7-14(3,4)21(5)20/h12-13H,9-11H2,1-8H3,(H,19,21);9-10H,6-8H2,1-5H3,(H,15,17)(H,18,19)/t12-,13+,25?;9-,10+,21?/m11/s1. The zero-order valence-electron chi connectivity index (χ0n) is 30.0. The maximum absolute atomic E-state index is 12.2. The van der Waals surface area contributed by atoms with Crippen LogP contribution in [0.3, 0.4) is 0 Å². The molecule has 0 aliphatic carbocycles. The number of carbonyl (C=O) groups is 6. The first kappa shape index (κ1) is 46.5. The number of aliphatic carboxylic acids is 1. The molecule has 0 saturated heterocycles. The summed E-state index contributed by atoms with van der Waals surface area (Å²) in [7, 11) is -0.406. The van der Waals surface area contributed by atoms with Crippen LogP contribution in [-0.2, 0) is 74.8 Å². The van der Waals surface area contributed by atoms with Crippen molar-refractivity contribution in [2.75, 3.05) is 12.5 Å². The maximum Gasteiger partial charge on any atom is 0.309 e. The van der Waals surface area contributed by atoms with E-state index in [-0.39, 0.29) is 64.6 Å². The molecule has 0 spiro atoms. The highest BCUT2D eigenvalue weighted by Gasteiger charge is 2.27. The van der Waals surface area contributed by atoms with E-state index in [9.17, 15) is 28.8 Å². The predicted octanol–water partition coefficient (Wildman–Crippen LogP) is 4.14. The maximum atomic E-state index is 12.2. The van der Waals surface area contributed by atoms with Crippen LogP contribution in [0.4, 0.5) is 0 Å². The van der Waals surface area contributed by atoms with Crippen molar-refractivity contribution in [3.05, 3.63) is 0 Å². The van der Waals surface area contributed by atoms with Gasteiger partial charge in [-0.3, -0.25) is 28.8 Å². The molecular formula is C32H58N2O8S4. The molecule has 0 fully saturated rings. The Labute approximate surface area is 290 Å². The quantitative estimate of drug-likeness (QED) is 0.176. The minimum absolute atomic E-state index is 0.0480. The summed E-state index contributed by atoms with van der Waals surface area (Å²) in [5, 5.41) is 14.1. The van der Waals surface area contributed by atoms with Crippen molar-refractivity contribution in [1.29, 1.82) is 0 Å². The van der Waals surface area contributed by atoms with Crippen LogP contribution in [0.25, 0.3) is 0 Å². The van der Waals surface area contributed by atoms with Gasteiger partial charge >= 0.3 is 11.9 Å². The van der Waals surface area contributed by atoms with Crippen molar-refractivity contribution in [1.82, 2.24) is 10.6 Å². The van der Waals surface area contributed by atoms with Crippen molar-refractivity contribution >= 4 is 76.6 Å². The summed E-state index contributed by atoms with van der Waals surface area (Å²) >= 11 is 10.6. The fraction of sp³-hybridized carbons (Fsp3) is 0.812. The molecule has 0 heterocycles. The second-order valence-corrected chi connectivity index (χ2v) is 21.0. The normalized spacial score (nSPS) is 15.8. The number of ether oxygens (including phenoxy) is 1. The number of carboxylic acids is 1. The Morgan fingerprint density at radius 2 is 1.00 bits per heavy atom. The van der Waals surface area contributed by atoms with E-state index in [1.807, 2.05) is 40.2 Å². The number of rotatable bonds is 18. The molecular weight excluding hydrogens is 669 g/mol. The molecule has 2 unspecified atom stereocenters. The number of carbonyl (C=O) groups excluding carboxylic acids is 5. The van der Waals surface area contributed by atoms with Crippen LogP contribution in [0.5, 0.6) is 0 Å². The zero-order valence-corrected chi connectivity index (χ0v) is 33.3. The lowest BCUT2D eigenvalue weighted by molar-refractivity contribution is -0.160. The molecule has 0 aliphatic heterocycles. The minimum Gasteiger partial charge on any atom is -0.481 e. The van der Waals surface area contributed by atoms with Crippen LogP contribution in [0, 0.1) is 11.8 Å². The smallest absolute Gasteiger partial charge is 0.309 e. The van der Waals surface area contributed by atoms with E-state index in [1.54, 1.807) is 41.5 Å². The highest BCUT2D eigenvalue weighted by Crippen LogP contribution is 2.20. The van der Waals surface area contributed by atoms with E-state index in [4.69, 9.17) is 32.2 Å². The molecule has 268 valence electrons. The molecule has 10 nitrogen and oxygen atoms in total. The number of ketones is 2. The lowest BCUT2D eigenvalue weighted by Gasteiger charge is -2.24. The molecule has 14 heteroatoms. The number of Topliss-reactive ketones (excluding diaryl/α,β-unsaturated/α-hetero) is 2. The fourth-order valence-electron chi connectivity index (χ4n) is 3.43. The summed E-state index contributed by atoms with van der Waals surface area (Å²) in [5.74, 6) is -3.50. The van der Waals surface area contributed by atoms with Crippen LogP contribution >= 0.6 is 0 Å². The van der Waals surface area contributed by atoms with Crippen molar-refractivity contribution in [2.24, 2.45) is 11.8 Å². The second kappa shape index (κ2) is 20.7. The summed E-state index contributed by atoms with van der Waals surface area (Å²) in [6.45, 7) is 19.9. The van der Waals surface area contributed by atoms with Crippen molar-refractivity contribution in [3.63, 3.8) is 0 Å². The fourth-order valence-corrected chi connectivity index (χ4v) is 4.71. The highest BCUT2D eigenvalue weighted by atomic mass is 32.8. The van der Waals surface area contributed by atoms with Crippen LogP contribution in [0.2, 0.25) is 0 Å². The molecule has 2 amide bonds. The molecule has 46 heavy (non-hydrogen) atoms. The molecule has 0 radical (unpaired) electrons. The van der Waals surface area contributed by atoms with Gasteiger partial charge in [-0.15, -0.1) is 18.9 Å². The Kier molecular flexibility index (Phi) is 20.9. The molecule has 0 bridgehead atoms. The first-order chi connectivity index (χ1) is 20.6. The summed E-state index contributed by atoms with van der Waals surface area (Å²) in [4.78, 5) is 70.6. The third-order valence-electron chi connectivity index (χ3n) is 7.43. The van der Waals surface area contributed by atoms with Crippen molar-refractivity contribution in [3.8, 4) is 0 Å². The van der Waals surface area contributed by atoms with Crippen LogP contribution in [-0.4, -0.2) is 80.1 Å². The summed E-state index contributed by atoms with van der Waals surface area (Å²) in [6.07, 6.45) is 5.91. The van der Waals surface area contributed by atoms with Gasteiger partial charge in [0.15, 0.2) is 11.6 Å². The summed E-state index contributed by atoms with van der Waals surface area (Å²) in [5.41, 5.74) is -0.580. The van der Waals surface area contributed by atoms with Gasteiger partial charge in [0.2, 0.25) is 11.8 Å². The van der Waals surface area contributed by atoms with Crippen molar-refractivity contribution in [2.45, 2.75) is 142 Å². The molecule has 0 aromatic carbocycles. The number of hydrogen-bond acceptors (Lipinski definition) is 9. The Morgan fingerprint density at radius 3 is 1.28 bits per heavy atom. The molecule has 0 saturated carbocycles. The first-order valence-electron chi connectivity index (χ1n) is 15.4. The van der Waals surface area contributed by atoms with Gasteiger partial charge in [-0.2, -0.15) is 0 Å². The van der Waals surface area contributed by atoms with E-state index in [1.165, 1.54) is 6.92 Å². The van der Waals surface area contributed by atoms with Crippen LogP contribution in [0.15, 0.2) is 0 Å². The predicted molar refractivity (Wildman–Crippen MR) is 194 cm³/mol. The van der Waals surface area contributed by atoms with Crippen LogP contribution in [0.1, 0.15) is 115 Å². The number of nitrogens with one attached hydrogen (secondary N) is 2. The summed E-state index contributed by atoms with van der Waals surface area (Å²) < 4.78 is 5.11. The molecule has 0 aliphatic rings. The van der Waals surface area contributed by atoms with E-state index in [2.05, 4.69) is 10.6 Å².